The van der Waals surface area contributed by atoms with Gasteiger partial charge in [-0.1, -0.05) is 78.1 Å². The van der Waals surface area contributed by atoms with Crippen LogP contribution in [-0.4, -0.2) is 34.1 Å². The highest BCUT2D eigenvalue weighted by atomic mass is 16.6. The van der Waals surface area contributed by atoms with Crippen LogP contribution in [0.1, 0.15) is 101 Å². The van der Waals surface area contributed by atoms with Crippen molar-refractivity contribution in [3.63, 3.8) is 0 Å². The topological polar surface area (TPSA) is 140 Å². The lowest BCUT2D eigenvalue weighted by Crippen LogP contribution is -2.13. The van der Waals surface area contributed by atoms with E-state index in [0.29, 0.717) is 18.9 Å². The summed E-state index contributed by atoms with van der Waals surface area (Å²) in [5, 5.41) is 11.7. The standard InChI is InChI=1S/C33H44N4O6/c1-3-5-7-9-11-13-19-41-26-17-15-25(16-18-26)29-23-36-32(24-35-29)43-33(38)27-21-30(37(39)40)31(22-28(27)34)42-20-14-12-10-8-6-4-2/h15-18,21-24H,3-14,19-20,34H2,1-2H3. The second kappa shape index (κ2) is 18.4. The molecule has 2 N–H and O–H groups in total. The Labute approximate surface area is 254 Å². The minimum absolute atomic E-state index is 0.0110. The van der Waals surface area contributed by atoms with E-state index in [4.69, 9.17) is 19.9 Å². The molecule has 0 spiro atoms. The molecule has 3 aromatic rings. The van der Waals surface area contributed by atoms with E-state index in [0.717, 1.165) is 49.5 Å². The van der Waals surface area contributed by atoms with Crippen LogP contribution in [0.3, 0.4) is 0 Å². The van der Waals surface area contributed by atoms with E-state index in [-0.39, 0.29) is 28.6 Å². The maximum Gasteiger partial charge on any atom is 0.347 e. The molecule has 1 aromatic heterocycles. The van der Waals surface area contributed by atoms with E-state index in [1.54, 1.807) is 0 Å². The number of rotatable bonds is 20. The van der Waals surface area contributed by atoms with Gasteiger partial charge in [0.15, 0.2) is 5.75 Å². The molecule has 2 aromatic carbocycles. The smallest absolute Gasteiger partial charge is 0.347 e. The Morgan fingerprint density at radius 2 is 1.42 bits per heavy atom. The Hall–Kier alpha value is -4.21. The van der Waals surface area contributed by atoms with Crippen LogP contribution in [-0.2, 0) is 0 Å². The van der Waals surface area contributed by atoms with Gasteiger partial charge in [-0.2, -0.15) is 0 Å². The number of ether oxygens (including phenoxy) is 3. The predicted octanol–water partition coefficient (Wildman–Crippen LogP) is 8.33. The summed E-state index contributed by atoms with van der Waals surface area (Å²) in [5.41, 5.74) is 6.98. The van der Waals surface area contributed by atoms with Crippen LogP contribution in [0.2, 0.25) is 0 Å². The molecular formula is C33H44N4O6. The predicted molar refractivity (Wildman–Crippen MR) is 168 cm³/mol. The summed E-state index contributed by atoms with van der Waals surface area (Å²) < 4.78 is 16.8. The van der Waals surface area contributed by atoms with Crippen molar-refractivity contribution >= 4 is 17.3 Å². The number of nitrogens with two attached hydrogens (primary N) is 1. The third kappa shape index (κ3) is 11.2. The van der Waals surface area contributed by atoms with E-state index in [2.05, 4.69) is 23.8 Å². The van der Waals surface area contributed by atoms with Crippen molar-refractivity contribution in [2.75, 3.05) is 18.9 Å². The zero-order valence-corrected chi connectivity index (χ0v) is 25.4. The molecule has 43 heavy (non-hydrogen) atoms. The maximum absolute atomic E-state index is 12.8. The van der Waals surface area contributed by atoms with E-state index >= 15 is 0 Å². The van der Waals surface area contributed by atoms with Crippen LogP contribution >= 0.6 is 0 Å². The number of nitrogen functional groups attached to an aromatic ring is 1. The number of nitro groups is 1. The molecule has 0 radical (unpaired) electrons. The number of aromatic nitrogens is 2. The monoisotopic (exact) mass is 592 g/mol. The largest absolute Gasteiger partial charge is 0.494 e. The van der Waals surface area contributed by atoms with Gasteiger partial charge in [0.05, 0.1) is 47.5 Å². The van der Waals surface area contributed by atoms with Crippen LogP contribution < -0.4 is 19.9 Å². The van der Waals surface area contributed by atoms with E-state index in [1.165, 1.54) is 63.4 Å². The first-order chi connectivity index (χ1) is 20.9. The molecule has 0 aliphatic carbocycles. The summed E-state index contributed by atoms with van der Waals surface area (Å²) in [4.78, 5) is 32.4. The van der Waals surface area contributed by atoms with Crippen molar-refractivity contribution < 1.29 is 23.9 Å². The van der Waals surface area contributed by atoms with Crippen molar-refractivity contribution in [2.45, 2.75) is 90.9 Å². The van der Waals surface area contributed by atoms with Crippen LogP contribution in [0.5, 0.6) is 17.4 Å². The first-order valence-electron chi connectivity index (χ1n) is 15.4. The summed E-state index contributed by atoms with van der Waals surface area (Å²) in [5.74, 6) is -0.119. The highest BCUT2D eigenvalue weighted by Gasteiger charge is 2.23. The van der Waals surface area contributed by atoms with Gasteiger partial charge in [-0.25, -0.2) is 14.8 Å². The Balaban J connectivity index is 1.54. The summed E-state index contributed by atoms with van der Waals surface area (Å²) in [7, 11) is 0. The quantitative estimate of drug-likeness (QED) is 0.0450. The lowest BCUT2D eigenvalue weighted by molar-refractivity contribution is -0.385. The van der Waals surface area contributed by atoms with E-state index < -0.39 is 10.9 Å². The Morgan fingerprint density at radius 3 is 2.00 bits per heavy atom. The maximum atomic E-state index is 12.8. The minimum Gasteiger partial charge on any atom is -0.494 e. The number of hydrogen-bond acceptors (Lipinski definition) is 9. The van der Waals surface area contributed by atoms with Crippen LogP contribution in [0.15, 0.2) is 48.8 Å². The van der Waals surface area contributed by atoms with Crippen LogP contribution in [0, 0.1) is 10.1 Å². The first-order valence-corrected chi connectivity index (χ1v) is 15.4. The minimum atomic E-state index is -0.878. The number of nitrogens with zero attached hydrogens (tertiary/aromatic N) is 3. The second-order valence-corrected chi connectivity index (χ2v) is 10.6. The molecule has 0 aliphatic rings. The molecule has 0 atom stereocenters. The Kier molecular flexibility index (Phi) is 14.2. The zero-order chi connectivity index (χ0) is 30.9. The number of nitro benzene ring substituents is 1. The number of carbonyl (C=O) groups is 1. The SMILES string of the molecule is CCCCCCCCOc1ccc(-c2cnc(OC(=O)c3cc([N+](=O)[O-])c(OCCCCCCCC)cc3N)cn2)cc1. The number of benzene rings is 2. The fourth-order valence-electron chi connectivity index (χ4n) is 4.55. The molecule has 3 rings (SSSR count). The molecule has 0 saturated heterocycles. The lowest BCUT2D eigenvalue weighted by Gasteiger charge is -2.11. The van der Waals surface area contributed by atoms with Gasteiger partial charge in [0.1, 0.15) is 5.75 Å². The summed E-state index contributed by atoms with van der Waals surface area (Å²) in [6.45, 7) is 5.38. The van der Waals surface area contributed by atoms with Gasteiger partial charge in [0.2, 0.25) is 5.88 Å². The molecule has 0 amide bonds. The fourth-order valence-corrected chi connectivity index (χ4v) is 4.55. The van der Waals surface area contributed by atoms with Gasteiger partial charge in [0.25, 0.3) is 0 Å². The third-order valence-electron chi connectivity index (χ3n) is 7.05. The molecule has 10 nitrogen and oxygen atoms in total. The van der Waals surface area contributed by atoms with Crippen molar-refractivity contribution in [1.29, 1.82) is 0 Å². The number of esters is 1. The molecular weight excluding hydrogens is 548 g/mol. The summed E-state index contributed by atoms with van der Waals surface area (Å²) in [6, 6.07) is 9.93. The average molecular weight is 593 g/mol. The number of anilines is 1. The Morgan fingerprint density at radius 1 is 0.814 bits per heavy atom. The van der Waals surface area contributed by atoms with Crippen molar-refractivity contribution in [3.8, 4) is 28.6 Å². The van der Waals surface area contributed by atoms with Crippen molar-refractivity contribution in [2.24, 2.45) is 0 Å². The number of hydrogen-bond donors (Lipinski definition) is 1. The molecule has 0 fully saturated rings. The number of carbonyl (C=O) groups excluding carboxylic acids is 1. The van der Waals surface area contributed by atoms with Gasteiger partial charge >= 0.3 is 11.7 Å². The first kappa shape index (κ1) is 33.3. The summed E-state index contributed by atoms with van der Waals surface area (Å²) >= 11 is 0. The highest BCUT2D eigenvalue weighted by Crippen LogP contribution is 2.33. The highest BCUT2D eigenvalue weighted by molar-refractivity contribution is 5.97. The van der Waals surface area contributed by atoms with Gasteiger partial charge in [0, 0.05) is 17.7 Å². The normalized spacial score (nSPS) is 10.8. The summed E-state index contributed by atoms with van der Waals surface area (Å²) in [6.07, 6.45) is 16.4. The average Bonchev–Trinajstić information content (AvgIpc) is 3.00. The van der Waals surface area contributed by atoms with Gasteiger partial charge < -0.3 is 19.9 Å². The van der Waals surface area contributed by atoms with Crippen LogP contribution in [0.4, 0.5) is 11.4 Å². The number of unbranched alkanes of at least 4 members (excludes halogenated alkanes) is 10. The third-order valence-corrected chi connectivity index (χ3v) is 7.05. The van der Waals surface area contributed by atoms with Gasteiger partial charge in [-0.3, -0.25) is 10.1 Å². The molecule has 10 heteroatoms. The van der Waals surface area contributed by atoms with Gasteiger partial charge in [-0.05, 0) is 37.1 Å². The van der Waals surface area contributed by atoms with E-state index in [9.17, 15) is 14.9 Å². The second-order valence-electron chi connectivity index (χ2n) is 10.6. The molecule has 1 heterocycles. The Bertz CT molecular complexity index is 1280. The van der Waals surface area contributed by atoms with E-state index in [1.807, 2.05) is 24.3 Å². The molecule has 0 aliphatic heterocycles. The molecule has 0 bridgehead atoms. The molecule has 0 saturated carbocycles. The fraction of sp³-hybridized carbons (Fsp3) is 0.485. The zero-order valence-electron chi connectivity index (χ0n) is 25.4. The lowest BCUT2D eigenvalue weighted by atomic mass is 10.1. The molecule has 0 unspecified atom stereocenters. The van der Waals surface area contributed by atoms with Crippen molar-refractivity contribution in [3.05, 3.63) is 64.5 Å². The molecule has 232 valence electrons. The van der Waals surface area contributed by atoms with Crippen molar-refractivity contribution in [1.82, 2.24) is 9.97 Å². The van der Waals surface area contributed by atoms with Crippen LogP contribution in [0.25, 0.3) is 11.3 Å². The van der Waals surface area contributed by atoms with Gasteiger partial charge in [-0.15, -0.1) is 0 Å².